The van der Waals surface area contributed by atoms with Crippen molar-refractivity contribution in [1.82, 2.24) is 0 Å². The predicted molar refractivity (Wildman–Crippen MR) is 93.5 cm³/mol. The van der Waals surface area contributed by atoms with Gasteiger partial charge in [0.15, 0.2) is 0 Å². The number of rotatable bonds is 5. The number of carbonyl (C=O) groups is 1. The number of fused-ring (bicyclic) bond motifs is 1. The Morgan fingerprint density at radius 3 is 2.70 bits per heavy atom. The highest BCUT2D eigenvalue weighted by Gasteiger charge is 2.21. The van der Waals surface area contributed by atoms with Gasteiger partial charge in [0.2, 0.25) is 0 Å². The molecule has 0 spiro atoms. The molecule has 6 heteroatoms. The molecule has 0 fully saturated rings. The fraction of sp³-hybridized carbons (Fsp3) is 0.294. The molecule has 0 aromatic heterocycles. The van der Waals surface area contributed by atoms with Gasteiger partial charge in [0.25, 0.3) is 5.91 Å². The topological polar surface area (TPSA) is 103 Å². The Morgan fingerprint density at radius 2 is 2.13 bits per heavy atom. The maximum absolute atomic E-state index is 11.7. The van der Waals surface area contributed by atoms with E-state index in [0.717, 1.165) is 22.6 Å². The summed E-state index contributed by atoms with van der Waals surface area (Å²) in [6, 6.07) is 5.82. The van der Waals surface area contributed by atoms with Gasteiger partial charge in [-0.05, 0) is 43.2 Å². The van der Waals surface area contributed by atoms with Crippen molar-refractivity contribution in [2.45, 2.75) is 13.8 Å². The highest BCUT2D eigenvalue weighted by molar-refractivity contribution is 6.29. The minimum atomic E-state index is -0.580. The predicted octanol–water partition coefficient (Wildman–Crippen LogP) is 1.68. The highest BCUT2D eigenvalue weighted by atomic mass is 16.5. The monoisotopic (exact) mass is 314 g/mol. The quantitative estimate of drug-likeness (QED) is 0.568. The minimum Gasteiger partial charge on any atom is -0.494 e. The molecule has 1 aliphatic heterocycles. The van der Waals surface area contributed by atoms with Gasteiger partial charge in [-0.15, -0.1) is 0 Å². The first-order valence-electron chi connectivity index (χ1n) is 7.42. The molecule has 1 amide bonds. The van der Waals surface area contributed by atoms with E-state index >= 15 is 0 Å². The van der Waals surface area contributed by atoms with Crippen LogP contribution in [-0.4, -0.2) is 31.8 Å². The fourth-order valence-electron chi connectivity index (χ4n) is 2.57. The van der Waals surface area contributed by atoms with Gasteiger partial charge in [-0.1, -0.05) is 0 Å². The number of hydrogen-bond acceptors (Lipinski definition) is 5. The summed E-state index contributed by atoms with van der Waals surface area (Å²) in [5.41, 5.74) is 15.2. The molecule has 0 unspecified atom stereocenters. The van der Waals surface area contributed by atoms with Crippen molar-refractivity contribution in [2.75, 3.05) is 25.5 Å². The molecule has 23 heavy (non-hydrogen) atoms. The first-order chi connectivity index (χ1) is 11.0. The highest BCUT2D eigenvalue weighted by Crippen LogP contribution is 2.29. The van der Waals surface area contributed by atoms with Crippen LogP contribution in [0.2, 0.25) is 0 Å². The molecule has 0 atom stereocenters. The minimum absolute atomic E-state index is 0.259. The number of ether oxygens (including phenoxy) is 1. The Kier molecular flexibility index (Phi) is 5.05. The van der Waals surface area contributed by atoms with Gasteiger partial charge in [0, 0.05) is 31.0 Å². The lowest BCUT2D eigenvalue weighted by molar-refractivity contribution is -0.114. The molecule has 1 aromatic carbocycles. The van der Waals surface area contributed by atoms with E-state index in [4.69, 9.17) is 16.2 Å². The molecule has 0 saturated heterocycles. The van der Waals surface area contributed by atoms with Gasteiger partial charge in [-0.25, -0.2) is 0 Å². The number of nitrogens with one attached hydrogen (secondary N) is 1. The van der Waals surface area contributed by atoms with E-state index in [0.29, 0.717) is 24.6 Å². The van der Waals surface area contributed by atoms with Crippen LogP contribution in [0.15, 0.2) is 40.0 Å². The van der Waals surface area contributed by atoms with Gasteiger partial charge in [-0.3, -0.25) is 9.79 Å². The number of hydrogen-bond donors (Lipinski definition) is 3. The van der Waals surface area contributed by atoms with Crippen molar-refractivity contribution < 1.29 is 9.53 Å². The van der Waals surface area contributed by atoms with Gasteiger partial charge in [0.1, 0.15) is 5.75 Å². The molecular weight excluding hydrogens is 292 g/mol. The number of primary amides is 1. The molecule has 0 bridgehead atoms. The Hall–Kier alpha value is -2.76. The van der Waals surface area contributed by atoms with Crippen LogP contribution in [0.25, 0.3) is 6.08 Å². The maximum atomic E-state index is 11.7. The van der Waals surface area contributed by atoms with Crippen LogP contribution in [0, 0.1) is 0 Å². The number of carbonyl (C=O) groups excluding carboxylic acids is 1. The van der Waals surface area contributed by atoms with Crippen molar-refractivity contribution in [1.29, 1.82) is 0 Å². The second kappa shape index (κ2) is 7.00. The first kappa shape index (κ1) is 16.6. The lowest BCUT2D eigenvalue weighted by atomic mass is 9.95. The number of anilines is 1. The fourth-order valence-corrected chi connectivity index (χ4v) is 2.57. The Balaban J connectivity index is 2.42. The van der Waals surface area contributed by atoms with Crippen molar-refractivity contribution >= 4 is 23.4 Å². The SMILES string of the molecule is CCOc1ccc2c(c1)NCC(C(=NC)/C(C(N)=O)=C(\C)N)=C2. The van der Waals surface area contributed by atoms with E-state index in [-0.39, 0.29) is 5.57 Å². The lowest BCUT2D eigenvalue weighted by Crippen LogP contribution is -2.28. The molecule has 0 saturated carbocycles. The third-order valence-electron chi connectivity index (χ3n) is 3.54. The summed E-state index contributed by atoms with van der Waals surface area (Å²) >= 11 is 0. The Labute approximate surface area is 135 Å². The van der Waals surface area contributed by atoms with Crippen LogP contribution in [0.1, 0.15) is 19.4 Å². The van der Waals surface area contributed by atoms with Crippen LogP contribution in [-0.2, 0) is 4.79 Å². The van der Waals surface area contributed by atoms with Crippen molar-refractivity contribution in [2.24, 2.45) is 16.5 Å². The molecule has 122 valence electrons. The molecule has 2 rings (SSSR count). The Morgan fingerprint density at radius 1 is 1.39 bits per heavy atom. The van der Waals surface area contributed by atoms with E-state index in [1.807, 2.05) is 31.2 Å². The molecule has 1 heterocycles. The first-order valence-corrected chi connectivity index (χ1v) is 7.42. The number of allylic oxidation sites excluding steroid dienone is 1. The molecule has 1 aromatic rings. The van der Waals surface area contributed by atoms with Crippen LogP contribution >= 0.6 is 0 Å². The third-order valence-corrected chi connectivity index (χ3v) is 3.54. The van der Waals surface area contributed by atoms with Gasteiger partial charge >= 0.3 is 0 Å². The average Bonchev–Trinajstić information content (AvgIpc) is 2.51. The Bertz CT molecular complexity index is 713. The number of benzene rings is 1. The van der Waals surface area contributed by atoms with Crippen molar-refractivity contribution in [3.8, 4) is 5.75 Å². The summed E-state index contributed by atoms with van der Waals surface area (Å²) < 4.78 is 5.50. The number of nitrogens with zero attached hydrogens (tertiary/aromatic N) is 1. The zero-order valence-corrected chi connectivity index (χ0v) is 13.6. The third kappa shape index (κ3) is 3.53. The molecule has 6 nitrogen and oxygen atoms in total. The molecule has 0 aliphatic carbocycles. The molecule has 5 N–H and O–H groups in total. The number of aliphatic imine (C=N–C) groups is 1. The van der Waals surface area contributed by atoms with Crippen LogP contribution in [0.4, 0.5) is 5.69 Å². The normalized spacial score (nSPS) is 15.1. The lowest BCUT2D eigenvalue weighted by Gasteiger charge is -2.21. The molecular formula is C17H22N4O2. The summed E-state index contributed by atoms with van der Waals surface area (Å²) in [7, 11) is 1.62. The van der Waals surface area contributed by atoms with E-state index < -0.39 is 5.91 Å². The van der Waals surface area contributed by atoms with Crippen LogP contribution in [0.3, 0.4) is 0 Å². The molecule has 1 aliphatic rings. The zero-order chi connectivity index (χ0) is 17.0. The van der Waals surface area contributed by atoms with Gasteiger partial charge in [-0.2, -0.15) is 0 Å². The smallest absolute Gasteiger partial charge is 0.252 e. The van der Waals surface area contributed by atoms with E-state index in [1.165, 1.54) is 0 Å². The second-order valence-electron chi connectivity index (χ2n) is 5.20. The van der Waals surface area contributed by atoms with Gasteiger partial charge in [0.05, 0.1) is 17.9 Å². The second-order valence-corrected chi connectivity index (χ2v) is 5.20. The number of amides is 1. The molecule has 0 radical (unpaired) electrons. The van der Waals surface area contributed by atoms with E-state index in [9.17, 15) is 4.79 Å². The van der Waals surface area contributed by atoms with Crippen LogP contribution in [0.5, 0.6) is 5.75 Å². The summed E-state index contributed by atoms with van der Waals surface area (Å²) in [6.45, 7) is 4.74. The van der Waals surface area contributed by atoms with Gasteiger partial charge < -0.3 is 21.5 Å². The standard InChI is InChI=1S/C17H22N4O2/c1-4-23-13-6-5-11-7-12(9-21-14(11)8-13)16(20-3)15(10(2)18)17(19)22/h5-8,21H,4,9,18H2,1-3H3,(H2,19,22)/b15-10-,20-16?. The largest absolute Gasteiger partial charge is 0.494 e. The number of nitrogens with two attached hydrogens (primary N) is 2. The summed E-state index contributed by atoms with van der Waals surface area (Å²) in [5.74, 6) is 0.236. The van der Waals surface area contributed by atoms with E-state index in [2.05, 4.69) is 10.3 Å². The van der Waals surface area contributed by atoms with Crippen molar-refractivity contribution in [3.63, 3.8) is 0 Å². The zero-order valence-electron chi connectivity index (χ0n) is 13.6. The summed E-state index contributed by atoms with van der Waals surface area (Å²) in [4.78, 5) is 15.9. The van der Waals surface area contributed by atoms with Crippen molar-refractivity contribution in [3.05, 3.63) is 40.6 Å². The maximum Gasteiger partial charge on any atom is 0.252 e. The van der Waals surface area contributed by atoms with Crippen LogP contribution < -0.4 is 21.5 Å². The van der Waals surface area contributed by atoms with E-state index in [1.54, 1.807) is 14.0 Å². The summed E-state index contributed by atoms with van der Waals surface area (Å²) in [5, 5.41) is 3.31. The summed E-state index contributed by atoms with van der Waals surface area (Å²) in [6.07, 6.45) is 1.98. The average molecular weight is 314 g/mol.